The zero-order valence-electron chi connectivity index (χ0n) is 11.5. The summed E-state index contributed by atoms with van der Waals surface area (Å²) in [6.45, 7) is 2.46. The lowest BCUT2D eigenvalue weighted by molar-refractivity contribution is -0.123. The second-order valence-electron chi connectivity index (χ2n) is 4.17. The van der Waals surface area contributed by atoms with Crippen LogP contribution >= 0.6 is 28.3 Å². The van der Waals surface area contributed by atoms with Gasteiger partial charge in [0.05, 0.1) is 17.6 Å². The van der Waals surface area contributed by atoms with Crippen LogP contribution in [-0.4, -0.2) is 38.3 Å². The minimum absolute atomic E-state index is 0. The zero-order valence-corrected chi connectivity index (χ0v) is 13.9. The molecular weight excluding hydrogens is 348 g/mol. The van der Waals surface area contributed by atoms with Crippen LogP contribution in [0.5, 0.6) is 5.75 Å². The first-order valence-corrected chi connectivity index (χ1v) is 6.77. The predicted molar refractivity (Wildman–Crippen MR) is 84.3 cm³/mol. The van der Waals surface area contributed by atoms with E-state index in [-0.39, 0.29) is 31.0 Å². The Morgan fingerprint density at radius 3 is 2.70 bits per heavy atom. The Bertz CT molecular complexity index is 420. The van der Waals surface area contributed by atoms with E-state index in [1.54, 1.807) is 0 Å². The molecule has 1 aromatic carbocycles. The third-order valence-corrected chi connectivity index (χ3v) is 3.07. The highest BCUT2D eigenvalue weighted by atomic mass is 79.9. The van der Waals surface area contributed by atoms with E-state index in [4.69, 9.17) is 15.2 Å². The molecule has 0 aromatic heterocycles. The van der Waals surface area contributed by atoms with Crippen molar-refractivity contribution >= 4 is 34.2 Å². The number of ether oxygens (including phenoxy) is 2. The van der Waals surface area contributed by atoms with Crippen LogP contribution in [0.3, 0.4) is 0 Å². The summed E-state index contributed by atoms with van der Waals surface area (Å²) in [5.41, 5.74) is 5.61. The highest BCUT2D eigenvalue weighted by molar-refractivity contribution is 9.10. The average Bonchev–Trinajstić information content (AvgIpc) is 2.39. The van der Waals surface area contributed by atoms with Crippen LogP contribution in [0.1, 0.15) is 6.92 Å². The van der Waals surface area contributed by atoms with Crippen LogP contribution in [-0.2, 0) is 9.53 Å². The molecule has 7 heteroatoms. The van der Waals surface area contributed by atoms with E-state index >= 15 is 0 Å². The highest BCUT2D eigenvalue weighted by Gasteiger charge is 2.14. The SMILES string of the molecule is COCC(N)C(=O)NCC(C)Oc1ccccc1Br.Cl. The number of rotatable bonds is 7. The Labute approximate surface area is 133 Å². The fourth-order valence-electron chi connectivity index (χ4n) is 1.43. The summed E-state index contributed by atoms with van der Waals surface area (Å²) < 4.78 is 11.4. The molecule has 2 atom stereocenters. The van der Waals surface area contributed by atoms with Gasteiger partial charge in [-0.15, -0.1) is 12.4 Å². The number of methoxy groups -OCH3 is 1. The summed E-state index contributed by atoms with van der Waals surface area (Å²) in [4.78, 5) is 11.6. The summed E-state index contributed by atoms with van der Waals surface area (Å²) in [5, 5.41) is 2.72. The van der Waals surface area contributed by atoms with Crippen molar-refractivity contribution in [3.63, 3.8) is 0 Å². The Morgan fingerprint density at radius 1 is 1.45 bits per heavy atom. The third-order valence-electron chi connectivity index (χ3n) is 2.41. The highest BCUT2D eigenvalue weighted by Crippen LogP contribution is 2.24. The molecule has 0 saturated heterocycles. The molecule has 1 rings (SSSR count). The van der Waals surface area contributed by atoms with E-state index in [1.165, 1.54) is 7.11 Å². The number of para-hydroxylation sites is 1. The monoisotopic (exact) mass is 366 g/mol. The Morgan fingerprint density at radius 2 is 2.10 bits per heavy atom. The molecular formula is C13H20BrClN2O3. The fraction of sp³-hybridized carbons (Fsp3) is 0.462. The van der Waals surface area contributed by atoms with E-state index in [2.05, 4.69) is 21.2 Å². The summed E-state index contributed by atoms with van der Waals surface area (Å²) in [6.07, 6.45) is -0.155. The minimum Gasteiger partial charge on any atom is -0.488 e. The first kappa shape index (κ1) is 19.2. The second kappa shape index (κ2) is 9.99. The number of hydrogen-bond donors (Lipinski definition) is 2. The lowest BCUT2D eigenvalue weighted by Gasteiger charge is -2.17. The summed E-state index contributed by atoms with van der Waals surface area (Å²) >= 11 is 3.40. The Kier molecular flexibility index (Phi) is 9.58. The first-order chi connectivity index (χ1) is 9.04. The van der Waals surface area contributed by atoms with Gasteiger partial charge >= 0.3 is 0 Å². The van der Waals surface area contributed by atoms with Crippen LogP contribution in [0.4, 0.5) is 0 Å². The number of nitrogens with two attached hydrogens (primary N) is 1. The number of halogens is 2. The van der Waals surface area contributed by atoms with Gasteiger partial charge in [-0.2, -0.15) is 0 Å². The molecule has 0 bridgehead atoms. The van der Waals surface area contributed by atoms with Crippen molar-refractivity contribution in [1.29, 1.82) is 0 Å². The van der Waals surface area contributed by atoms with Gasteiger partial charge in [0.1, 0.15) is 17.9 Å². The maximum Gasteiger partial charge on any atom is 0.239 e. The topological polar surface area (TPSA) is 73.6 Å². The van der Waals surface area contributed by atoms with E-state index in [9.17, 15) is 4.79 Å². The lowest BCUT2D eigenvalue weighted by Crippen LogP contribution is -2.46. The van der Waals surface area contributed by atoms with Crippen LogP contribution < -0.4 is 15.8 Å². The Hall–Kier alpha value is -0.820. The van der Waals surface area contributed by atoms with Crippen molar-refractivity contribution in [3.8, 4) is 5.75 Å². The quantitative estimate of drug-likeness (QED) is 0.770. The fourth-order valence-corrected chi connectivity index (χ4v) is 1.81. The van der Waals surface area contributed by atoms with Crippen LogP contribution in [0, 0.1) is 0 Å². The number of benzene rings is 1. The maximum atomic E-state index is 11.6. The number of amides is 1. The molecule has 0 aliphatic carbocycles. The van der Waals surface area contributed by atoms with Gasteiger partial charge in [0.15, 0.2) is 0 Å². The molecule has 20 heavy (non-hydrogen) atoms. The van der Waals surface area contributed by atoms with E-state index < -0.39 is 6.04 Å². The molecule has 0 fully saturated rings. The first-order valence-electron chi connectivity index (χ1n) is 5.98. The van der Waals surface area contributed by atoms with Gasteiger partial charge in [0.25, 0.3) is 0 Å². The van der Waals surface area contributed by atoms with E-state index in [1.807, 2.05) is 31.2 Å². The summed E-state index contributed by atoms with van der Waals surface area (Å²) in [5.74, 6) is 0.495. The second-order valence-corrected chi connectivity index (χ2v) is 5.02. The van der Waals surface area contributed by atoms with E-state index in [0.29, 0.717) is 6.54 Å². The smallest absolute Gasteiger partial charge is 0.239 e. The van der Waals surface area contributed by atoms with Crippen molar-refractivity contribution in [3.05, 3.63) is 28.7 Å². The number of nitrogens with one attached hydrogen (secondary N) is 1. The van der Waals surface area contributed by atoms with Gasteiger partial charge in [-0.05, 0) is 35.0 Å². The molecule has 114 valence electrons. The number of carbonyl (C=O) groups excluding carboxylic acids is 1. The van der Waals surface area contributed by atoms with Crippen LogP contribution in [0.2, 0.25) is 0 Å². The van der Waals surface area contributed by atoms with E-state index in [0.717, 1.165) is 10.2 Å². The average molecular weight is 368 g/mol. The van der Waals surface area contributed by atoms with Crippen molar-refractivity contribution < 1.29 is 14.3 Å². The molecule has 0 aliphatic rings. The molecule has 0 aliphatic heterocycles. The van der Waals surface area contributed by atoms with Crippen molar-refractivity contribution in [2.75, 3.05) is 20.3 Å². The maximum absolute atomic E-state index is 11.6. The van der Waals surface area contributed by atoms with Crippen molar-refractivity contribution in [2.24, 2.45) is 5.73 Å². The molecule has 0 radical (unpaired) electrons. The van der Waals surface area contributed by atoms with Crippen molar-refractivity contribution in [2.45, 2.75) is 19.1 Å². The molecule has 3 N–H and O–H groups in total. The normalized spacial score (nSPS) is 13.0. The molecule has 1 amide bonds. The van der Waals surface area contributed by atoms with Gasteiger partial charge in [-0.25, -0.2) is 0 Å². The molecule has 0 saturated carbocycles. The molecule has 5 nitrogen and oxygen atoms in total. The molecule has 1 aromatic rings. The molecule has 2 unspecified atom stereocenters. The van der Waals surface area contributed by atoms with Gasteiger partial charge in [0, 0.05) is 7.11 Å². The molecule has 0 heterocycles. The lowest BCUT2D eigenvalue weighted by atomic mass is 10.3. The van der Waals surface area contributed by atoms with Gasteiger partial charge < -0.3 is 20.5 Å². The Balaban J connectivity index is 0.00000361. The van der Waals surface area contributed by atoms with Gasteiger partial charge in [-0.1, -0.05) is 12.1 Å². The summed E-state index contributed by atoms with van der Waals surface area (Å²) in [7, 11) is 1.51. The predicted octanol–water partition coefficient (Wildman–Crippen LogP) is 1.73. The van der Waals surface area contributed by atoms with Crippen molar-refractivity contribution in [1.82, 2.24) is 5.32 Å². The largest absolute Gasteiger partial charge is 0.488 e. The molecule has 0 spiro atoms. The zero-order chi connectivity index (χ0) is 14.3. The third kappa shape index (κ3) is 6.56. The van der Waals surface area contributed by atoms with Gasteiger partial charge in [0.2, 0.25) is 5.91 Å². The summed E-state index contributed by atoms with van der Waals surface area (Å²) in [6, 6.07) is 6.90. The standard InChI is InChI=1S/C13H19BrN2O3.ClH/c1-9(7-16-13(17)11(15)8-18-2)19-12-6-4-3-5-10(12)14;/h3-6,9,11H,7-8,15H2,1-2H3,(H,16,17);1H. The van der Waals surface area contributed by atoms with Gasteiger partial charge in [-0.3, -0.25) is 4.79 Å². The number of carbonyl (C=O) groups is 1. The van der Waals surface area contributed by atoms with Crippen LogP contribution in [0.15, 0.2) is 28.7 Å². The van der Waals surface area contributed by atoms with Crippen LogP contribution in [0.25, 0.3) is 0 Å². The number of hydrogen-bond acceptors (Lipinski definition) is 4. The minimum atomic E-state index is -0.652.